The summed E-state index contributed by atoms with van der Waals surface area (Å²) >= 11 is 6.69. The van der Waals surface area contributed by atoms with Crippen molar-refractivity contribution in [3.05, 3.63) is 39.5 Å². The van der Waals surface area contributed by atoms with Crippen LogP contribution in [0.2, 0.25) is 5.02 Å². The Morgan fingerprint density at radius 3 is 2.56 bits per heavy atom. The van der Waals surface area contributed by atoms with E-state index in [0.717, 1.165) is 36.9 Å². The average Bonchev–Trinajstić information content (AvgIpc) is 2.53. The van der Waals surface area contributed by atoms with E-state index in [9.17, 15) is 14.7 Å². The Morgan fingerprint density at radius 2 is 1.96 bits per heavy atom. The van der Waals surface area contributed by atoms with Gasteiger partial charge in [0.15, 0.2) is 0 Å². The van der Waals surface area contributed by atoms with Gasteiger partial charge < -0.3 is 10.8 Å². The first-order valence-electron chi connectivity index (χ1n) is 8.15. The van der Waals surface area contributed by atoms with Crippen molar-refractivity contribution in [1.29, 1.82) is 0 Å². The second kappa shape index (κ2) is 6.61. The topological polar surface area (TPSA) is 96.5 Å². The molecule has 1 aromatic heterocycles. The summed E-state index contributed by atoms with van der Waals surface area (Å²) in [6, 6.07) is 2.20. The van der Waals surface area contributed by atoms with Gasteiger partial charge in [-0.2, -0.15) is 0 Å². The second-order valence-corrected chi connectivity index (χ2v) is 6.97. The maximum atomic E-state index is 12.0. The molecule has 1 aliphatic rings. The van der Waals surface area contributed by atoms with Gasteiger partial charge in [0.05, 0.1) is 16.1 Å². The molecule has 132 valence electrons. The molecule has 0 radical (unpaired) electrons. The maximum Gasteiger partial charge on any atom is 0.335 e. The van der Waals surface area contributed by atoms with Gasteiger partial charge in [0.1, 0.15) is 6.04 Å². The average molecular weight is 362 g/mol. The van der Waals surface area contributed by atoms with E-state index in [-0.39, 0.29) is 5.56 Å². The summed E-state index contributed by atoms with van der Waals surface area (Å²) in [5, 5.41) is 10.6. The van der Waals surface area contributed by atoms with E-state index in [4.69, 9.17) is 17.3 Å². The van der Waals surface area contributed by atoms with Crippen molar-refractivity contribution in [2.24, 2.45) is 5.73 Å². The number of hydrogen-bond donors (Lipinski definition) is 2. The van der Waals surface area contributed by atoms with Gasteiger partial charge in [-0.1, -0.05) is 11.6 Å². The van der Waals surface area contributed by atoms with E-state index in [2.05, 4.69) is 4.98 Å². The number of carbonyl (C=O) groups excluding carboxylic acids is 1. The highest BCUT2D eigenvalue weighted by atomic mass is 35.5. The van der Waals surface area contributed by atoms with Crippen LogP contribution in [0.1, 0.15) is 46.1 Å². The van der Waals surface area contributed by atoms with Crippen LogP contribution in [0.3, 0.4) is 0 Å². The van der Waals surface area contributed by atoms with Gasteiger partial charge in [-0.3, -0.25) is 14.7 Å². The number of amides is 1. The standard InChI is InChI=1S/C18H20ClN3O3/c1-22(2)16(17(20)23)11-7-9(18(24)25)8-13-14(11)15(19)10-5-3-4-6-12(10)21-13/h7-8,16H,3-6H2,1-2H3,(H2,20,23)(H,24,25). The first-order valence-corrected chi connectivity index (χ1v) is 8.53. The van der Waals surface area contributed by atoms with Crippen LogP contribution in [0, 0.1) is 0 Å². The highest BCUT2D eigenvalue weighted by molar-refractivity contribution is 6.36. The van der Waals surface area contributed by atoms with Gasteiger partial charge in [0, 0.05) is 11.1 Å². The van der Waals surface area contributed by atoms with Crippen LogP contribution in [-0.2, 0) is 17.6 Å². The fraction of sp³-hybridized carbons (Fsp3) is 0.389. The summed E-state index contributed by atoms with van der Waals surface area (Å²) in [5.41, 5.74) is 8.53. The molecule has 1 atom stereocenters. The van der Waals surface area contributed by atoms with Gasteiger partial charge in [0.2, 0.25) is 5.91 Å². The number of nitrogens with zero attached hydrogens (tertiary/aromatic N) is 2. The third-order valence-electron chi connectivity index (χ3n) is 4.65. The number of fused-ring (bicyclic) bond motifs is 2. The van der Waals surface area contributed by atoms with Crippen molar-refractivity contribution < 1.29 is 14.7 Å². The molecule has 6 nitrogen and oxygen atoms in total. The van der Waals surface area contributed by atoms with Gasteiger partial charge in [0.25, 0.3) is 0 Å². The molecule has 0 saturated heterocycles. The summed E-state index contributed by atoms with van der Waals surface area (Å²) < 4.78 is 0. The lowest BCUT2D eigenvalue weighted by Gasteiger charge is -2.25. The number of carboxylic acid groups (broad SMARTS) is 1. The van der Waals surface area contributed by atoms with Crippen LogP contribution in [0.4, 0.5) is 0 Å². The fourth-order valence-corrected chi connectivity index (χ4v) is 3.96. The highest BCUT2D eigenvalue weighted by Gasteiger charge is 2.28. The lowest BCUT2D eigenvalue weighted by atomic mass is 9.91. The molecular formula is C18H20ClN3O3. The van der Waals surface area contributed by atoms with E-state index >= 15 is 0 Å². The molecule has 1 aromatic carbocycles. The van der Waals surface area contributed by atoms with Crippen LogP contribution in [0.5, 0.6) is 0 Å². The maximum absolute atomic E-state index is 12.0. The number of aromatic nitrogens is 1. The monoisotopic (exact) mass is 361 g/mol. The number of pyridine rings is 1. The third kappa shape index (κ3) is 3.07. The fourth-order valence-electron chi connectivity index (χ4n) is 3.55. The minimum Gasteiger partial charge on any atom is -0.478 e. The van der Waals surface area contributed by atoms with Crippen molar-refractivity contribution in [3.63, 3.8) is 0 Å². The first kappa shape index (κ1) is 17.6. The van der Waals surface area contributed by atoms with Crippen LogP contribution in [-0.4, -0.2) is 41.0 Å². The van der Waals surface area contributed by atoms with E-state index in [1.54, 1.807) is 19.0 Å². The lowest BCUT2D eigenvalue weighted by Crippen LogP contribution is -2.33. The summed E-state index contributed by atoms with van der Waals surface area (Å²) in [6.07, 6.45) is 3.73. The number of likely N-dealkylation sites (N-methyl/N-ethyl adjacent to an activating group) is 1. The molecule has 1 heterocycles. The first-order chi connectivity index (χ1) is 11.8. The summed E-state index contributed by atoms with van der Waals surface area (Å²) in [7, 11) is 3.43. The molecule has 0 bridgehead atoms. The Morgan fingerprint density at radius 1 is 1.28 bits per heavy atom. The smallest absolute Gasteiger partial charge is 0.335 e. The van der Waals surface area contributed by atoms with Gasteiger partial charge in [-0.25, -0.2) is 4.79 Å². The molecular weight excluding hydrogens is 342 g/mol. The van der Waals surface area contributed by atoms with E-state index < -0.39 is 17.9 Å². The van der Waals surface area contributed by atoms with E-state index in [0.29, 0.717) is 21.5 Å². The number of rotatable bonds is 4. The predicted octanol–water partition coefficient (Wildman–Crippen LogP) is 2.55. The van der Waals surface area contributed by atoms with Crippen molar-refractivity contribution >= 4 is 34.4 Å². The Hall–Kier alpha value is -2.18. The number of halogens is 1. The lowest BCUT2D eigenvalue weighted by molar-refractivity contribution is -0.122. The number of aromatic carboxylic acids is 1. The molecule has 0 fully saturated rings. The minimum atomic E-state index is -1.08. The van der Waals surface area contributed by atoms with Gasteiger partial charge in [-0.05, 0) is 63.0 Å². The zero-order chi connectivity index (χ0) is 18.3. The van der Waals surface area contributed by atoms with Gasteiger partial charge in [-0.15, -0.1) is 0 Å². The highest BCUT2D eigenvalue weighted by Crippen LogP contribution is 2.38. The molecule has 1 aliphatic carbocycles. The SMILES string of the molecule is CN(C)C(C(N)=O)c1cc(C(=O)O)cc2nc3c(c(Cl)c12)CCCC3. The summed E-state index contributed by atoms with van der Waals surface area (Å²) in [4.78, 5) is 29.9. The molecule has 0 spiro atoms. The second-order valence-electron chi connectivity index (χ2n) is 6.59. The van der Waals surface area contributed by atoms with E-state index in [1.807, 2.05) is 0 Å². The minimum absolute atomic E-state index is 0.0647. The number of nitrogens with two attached hydrogens (primary N) is 1. The number of carbonyl (C=O) groups is 2. The number of aryl methyl sites for hydroxylation is 1. The molecule has 25 heavy (non-hydrogen) atoms. The van der Waals surface area contributed by atoms with Crippen molar-refractivity contribution in [3.8, 4) is 0 Å². The van der Waals surface area contributed by atoms with Crippen LogP contribution in [0.25, 0.3) is 10.9 Å². The van der Waals surface area contributed by atoms with Crippen molar-refractivity contribution in [2.75, 3.05) is 14.1 Å². The van der Waals surface area contributed by atoms with Gasteiger partial charge >= 0.3 is 5.97 Å². The summed E-state index contributed by atoms with van der Waals surface area (Å²) in [6.45, 7) is 0. The molecule has 3 N–H and O–H groups in total. The molecule has 1 amide bonds. The van der Waals surface area contributed by atoms with Crippen molar-refractivity contribution in [2.45, 2.75) is 31.7 Å². The molecule has 0 aliphatic heterocycles. The molecule has 7 heteroatoms. The number of primary amides is 1. The molecule has 2 aromatic rings. The predicted molar refractivity (Wildman–Crippen MR) is 96.0 cm³/mol. The number of carboxylic acids is 1. The third-order valence-corrected chi connectivity index (χ3v) is 5.07. The van der Waals surface area contributed by atoms with E-state index in [1.165, 1.54) is 12.1 Å². The number of benzene rings is 1. The van der Waals surface area contributed by atoms with Crippen LogP contribution in [0.15, 0.2) is 12.1 Å². The Labute approximate surface area is 150 Å². The van der Waals surface area contributed by atoms with Crippen LogP contribution >= 0.6 is 11.6 Å². The molecule has 0 saturated carbocycles. The quantitative estimate of drug-likeness (QED) is 0.872. The summed E-state index contributed by atoms with van der Waals surface area (Å²) in [5.74, 6) is -1.65. The Kier molecular flexibility index (Phi) is 4.67. The molecule has 1 unspecified atom stereocenters. The largest absolute Gasteiger partial charge is 0.478 e. The number of hydrogen-bond acceptors (Lipinski definition) is 4. The molecule has 3 rings (SSSR count). The normalized spacial score (nSPS) is 15.2. The van der Waals surface area contributed by atoms with Crippen LogP contribution < -0.4 is 5.73 Å². The zero-order valence-electron chi connectivity index (χ0n) is 14.2. The zero-order valence-corrected chi connectivity index (χ0v) is 14.9. The Bertz CT molecular complexity index is 880. The van der Waals surface area contributed by atoms with Crippen molar-refractivity contribution in [1.82, 2.24) is 9.88 Å². The Balaban J connectivity index is 2.40.